The van der Waals surface area contributed by atoms with Crippen LogP contribution in [-0.4, -0.2) is 42.0 Å². The Morgan fingerprint density at radius 2 is 1.96 bits per heavy atom. The van der Waals surface area contributed by atoms with Gasteiger partial charge in [-0.25, -0.2) is 4.98 Å². The maximum Gasteiger partial charge on any atom is 0.252 e. The number of benzene rings is 1. The van der Waals surface area contributed by atoms with E-state index in [1.54, 1.807) is 11.3 Å². The maximum atomic E-state index is 12.9. The van der Waals surface area contributed by atoms with E-state index in [0.717, 1.165) is 41.1 Å². The minimum atomic E-state index is -0.0154. The van der Waals surface area contributed by atoms with Gasteiger partial charge in [0.1, 0.15) is 0 Å². The summed E-state index contributed by atoms with van der Waals surface area (Å²) in [4.78, 5) is 21.1. The van der Waals surface area contributed by atoms with Gasteiger partial charge in [-0.05, 0) is 49.5 Å². The lowest BCUT2D eigenvalue weighted by Crippen LogP contribution is -2.37. The summed E-state index contributed by atoms with van der Waals surface area (Å²) in [6, 6.07) is 13.8. The molecular weight excluding hydrogens is 342 g/mol. The summed E-state index contributed by atoms with van der Waals surface area (Å²) in [6.45, 7) is 3.91. The van der Waals surface area contributed by atoms with E-state index in [-0.39, 0.29) is 5.91 Å². The maximum absolute atomic E-state index is 12.9. The predicted octanol–water partition coefficient (Wildman–Crippen LogP) is 4.18. The molecule has 0 radical (unpaired) electrons. The number of hydrogen-bond donors (Lipinski definition) is 1. The molecule has 0 bridgehead atoms. The molecule has 5 heteroatoms. The summed E-state index contributed by atoms with van der Waals surface area (Å²) in [6.07, 6.45) is 3.87. The van der Waals surface area contributed by atoms with Gasteiger partial charge in [0.2, 0.25) is 0 Å². The van der Waals surface area contributed by atoms with Gasteiger partial charge < -0.3 is 10.2 Å². The van der Waals surface area contributed by atoms with E-state index in [2.05, 4.69) is 10.2 Å². The molecule has 4 nitrogen and oxygen atoms in total. The Morgan fingerprint density at radius 1 is 1.12 bits per heavy atom. The van der Waals surface area contributed by atoms with Crippen LogP contribution in [0.3, 0.4) is 0 Å². The summed E-state index contributed by atoms with van der Waals surface area (Å²) < 4.78 is 0. The highest BCUT2D eigenvalue weighted by molar-refractivity contribution is 7.13. The van der Waals surface area contributed by atoms with Crippen molar-refractivity contribution >= 4 is 28.1 Å². The van der Waals surface area contributed by atoms with Crippen LogP contribution in [-0.2, 0) is 0 Å². The summed E-state index contributed by atoms with van der Waals surface area (Å²) in [5, 5.41) is 6.04. The molecule has 1 aromatic carbocycles. The van der Waals surface area contributed by atoms with Gasteiger partial charge in [-0.1, -0.05) is 30.7 Å². The van der Waals surface area contributed by atoms with Gasteiger partial charge >= 0.3 is 0 Å². The van der Waals surface area contributed by atoms with Crippen LogP contribution in [0.25, 0.3) is 21.5 Å². The fourth-order valence-corrected chi connectivity index (χ4v) is 4.21. The largest absolute Gasteiger partial charge is 0.351 e. The molecule has 0 saturated carbocycles. The Hall–Kier alpha value is -2.24. The van der Waals surface area contributed by atoms with Crippen LogP contribution >= 0.6 is 11.3 Å². The minimum absolute atomic E-state index is 0.0154. The van der Waals surface area contributed by atoms with Crippen molar-refractivity contribution in [2.45, 2.75) is 19.3 Å². The van der Waals surface area contributed by atoms with Gasteiger partial charge in [0.25, 0.3) is 5.91 Å². The molecule has 0 aliphatic carbocycles. The normalized spacial score (nSPS) is 15.2. The Bertz CT molecular complexity index is 885. The van der Waals surface area contributed by atoms with Gasteiger partial charge in [0.05, 0.1) is 21.7 Å². The monoisotopic (exact) mass is 365 g/mol. The first kappa shape index (κ1) is 17.2. The van der Waals surface area contributed by atoms with Crippen molar-refractivity contribution in [2.24, 2.45) is 0 Å². The molecule has 0 spiro atoms. The Labute approximate surface area is 157 Å². The van der Waals surface area contributed by atoms with Crippen LogP contribution in [0.15, 0.2) is 47.8 Å². The molecule has 3 heterocycles. The Kier molecular flexibility index (Phi) is 5.27. The molecule has 26 heavy (non-hydrogen) atoms. The number of para-hydroxylation sites is 1. The van der Waals surface area contributed by atoms with Crippen molar-refractivity contribution in [3.05, 3.63) is 53.4 Å². The van der Waals surface area contributed by atoms with Gasteiger partial charge in [-0.15, -0.1) is 11.3 Å². The highest BCUT2D eigenvalue weighted by Crippen LogP contribution is 2.27. The average Bonchev–Trinajstić information content (AvgIpc) is 3.23. The molecule has 134 valence electrons. The van der Waals surface area contributed by atoms with Gasteiger partial charge in [-0.3, -0.25) is 4.79 Å². The van der Waals surface area contributed by atoms with Crippen LogP contribution in [0.2, 0.25) is 0 Å². The summed E-state index contributed by atoms with van der Waals surface area (Å²) in [7, 11) is 0. The highest BCUT2D eigenvalue weighted by Gasteiger charge is 2.15. The number of rotatable bonds is 5. The topological polar surface area (TPSA) is 45.2 Å². The minimum Gasteiger partial charge on any atom is -0.351 e. The molecule has 2 aromatic heterocycles. The number of thiophene rings is 1. The first-order valence-corrected chi connectivity index (χ1v) is 10.1. The number of fused-ring (bicyclic) bond motifs is 1. The van der Waals surface area contributed by atoms with E-state index >= 15 is 0 Å². The fourth-order valence-electron chi connectivity index (χ4n) is 3.52. The zero-order chi connectivity index (χ0) is 17.8. The van der Waals surface area contributed by atoms with Crippen molar-refractivity contribution in [2.75, 3.05) is 26.2 Å². The number of carbonyl (C=O) groups excluding carboxylic acids is 1. The lowest BCUT2D eigenvalue weighted by molar-refractivity contribution is 0.0948. The number of amides is 1. The lowest BCUT2D eigenvalue weighted by atomic mass is 10.1. The molecule has 1 aliphatic heterocycles. The standard InChI is InChI=1S/C21H23N3OS/c25-21(22-10-13-24-11-4-1-5-12-24)17-15-19(20-9-6-14-26-20)23-18-8-3-2-7-16(17)18/h2-3,6-9,14-15H,1,4-5,10-13H2,(H,22,25). The third-order valence-electron chi connectivity index (χ3n) is 4.90. The number of nitrogens with zero attached hydrogens (tertiary/aromatic N) is 2. The second-order valence-electron chi connectivity index (χ2n) is 6.71. The van der Waals surface area contributed by atoms with E-state index in [1.165, 1.54) is 19.3 Å². The predicted molar refractivity (Wildman–Crippen MR) is 108 cm³/mol. The molecule has 0 atom stereocenters. The Balaban J connectivity index is 1.55. The van der Waals surface area contributed by atoms with Gasteiger partial charge in [-0.2, -0.15) is 0 Å². The first-order chi connectivity index (χ1) is 12.8. The number of likely N-dealkylation sites (tertiary alicyclic amines) is 1. The van der Waals surface area contributed by atoms with E-state index in [0.29, 0.717) is 12.1 Å². The molecule has 4 rings (SSSR count). The number of aromatic nitrogens is 1. The smallest absolute Gasteiger partial charge is 0.252 e. The second-order valence-corrected chi connectivity index (χ2v) is 7.66. The molecule has 1 aliphatic rings. The third-order valence-corrected chi connectivity index (χ3v) is 5.79. The van der Waals surface area contributed by atoms with Crippen molar-refractivity contribution in [1.29, 1.82) is 0 Å². The number of carbonyl (C=O) groups is 1. The molecule has 0 unspecified atom stereocenters. The van der Waals surface area contributed by atoms with Gasteiger partial charge in [0.15, 0.2) is 0 Å². The quantitative estimate of drug-likeness (QED) is 0.738. The summed E-state index contributed by atoms with van der Waals surface area (Å²) in [5.74, 6) is -0.0154. The number of hydrogen-bond acceptors (Lipinski definition) is 4. The fraction of sp³-hybridized carbons (Fsp3) is 0.333. The third kappa shape index (κ3) is 3.79. The van der Waals surface area contributed by atoms with Crippen LogP contribution in [0.1, 0.15) is 29.6 Å². The number of pyridine rings is 1. The van der Waals surface area contributed by atoms with Crippen molar-refractivity contribution in [3.8, 4) is 10.6 Å². The molecule has 3 aromatic rings. The van der Waals surface area contributed by atoms with Crippen LogP contribution in [0.5, 0.6) is 0 Å². The lowest BCUT2D eigenvalue weighted by Gasteiger charge is -2.26. The second kappa shape index (κ2) is 7.98. The van der Waals surface area contributed by atoms with Crippen LogP contribution < -0.4 is 5.32 Å². The Morgan fingerprint density at radius 3 is 2.77 bits per heavy atom. The summed E-state index contributed by atoms with van der Waals surface area (Å²) >= 11 is 1.64. The number of nitrogens with one attached hydrogen (secondary N) is 1. The first-order valence-electron chi connectivity index (χ1n) is 9.25. The number of piperidine rings is 1. The SMILES string of the molecule is O=C(NCCN1CCCCC1)c1cc(-c2cccs2)nc2ccccc12. The average molecular weight is 366 g/mol. The zero-order valence-corrected chi connectivity index (χ0v) is 15.6. The molecule has 1 amide bonds. The van der Waals surface area contributed by atoms with Gasteiger partial charge in [0, 0.05) is 18.5 Å². The van der Waals surface area contributed by atoms with E-state index < -0.39 is 0 Å². The molecule has 1 fully saturated rings. The van der Waals surface area contributed by atoms with Crippen LogP contribution in [0, 0.1) is 0 Å². The van der Waals surface area contributed by atoms with E-state index in [9.17, 15) is 4.79 Å². The van der Waals surface area contributed by atoms with Crippen molar-refractivity contribution in [3.63, 3.8) is 0 Å². The molecule has 1 N–H and O–H groups in total. The molecular formula is C21H23N3OS. The van der Waals surface area contributed by atoms with E-state index in [1.807, 2.05) is 47.8 Å². The highest BCUT2D eigenvalue weighted by atomic mass is 32.1. The zero-order valence-electron chi connectivity index (χ0n) is 14.8. The molecule has 1 saturated heterocycles. The van der Waals surface area contributed by atoms with Crippen LogP contribution in [0.4, 0.5) is 0 Å². The van der Waals surface area contributed by atoms with Crippen molar-refractivity contribution in [1.82, 2.24) is 15.2 Å². The van der Waals surface area contributed by atoms with E-state index in [4.69, 9.17) is 4.98 Å². The van der Waals surface area contributed by atoms with Crippen molar-refractivity contribution < 1.29 is 4.79 Å². The summed E-state index contributed by atoms with van der Waals surface area (Å²) in [5.41, 5.74) is 2.43.